The van der Waals surface area contributed by atoms with E-state index in [-0.39, 0.29) is 18.3 Å². The number of halogens is 1. The molecular weight excluding hydrogens is 223 g/mol. The van der Waals surface area contributed by atoms with Crippen LogP contribution in [-0.2, 0) is 11.4 Å². The molecule has 0 radical (unpaired) electrons. The molecule has 1 aliphatic heterocycles. The Morgan fingerprint density at radius 2 is 2.24 bits per heavy atom. The standard InChI is InChI=1S/C12H15FN2O2/c13-10-1-2-11(9(7-10)8-16)15-5-3-12(17)14-4-6-15/h1-2,7,16H,3-6,8H2,(H,14,17). The average molecular weight is 238 g/mol. The van der Waals surface area contributed by atoms with Gasteiger partial charge in [-0.15, -0.1) is 0 Å². The second-order valence-corrected chi connectivity index (χ2v) is 4.02. The summed E-state index contributed by atoms with van der Waals surface area (Å²) in [6.45, 7) is 1.63. The average Bonchev–Trinajstić information content (AvgIpc) is 2.54. The zero-order valence-corrected chi connectivity index (χ0v) is 9.45. The Bertz CT molecular complexity index is 423. The molecule has 2 N–H and O–H groups in total. The van der Waals surface area contributed by atoms with E-state index in [0.717, 1.165) is 5.69 Å². The number of nitrogens with zero attached hydrogens (tertiary/aromatic N) is 1. The van der Waals surface area contributed by atoms with Gasteiger partial charge in [-0.1, -0.05) is 0 Å². The maximum atomic E-state index is 13.0. The molecule has 5 heteroatoms. The van der Waals surface area contributed by atoms with Crippen molar-refractivity contribution in [3.63, 3.8) is 0 Å². The molecule has 17 heavy (non-hydrogen) atoms. The van der Waals surface area contributed by atoms with Crippen molar-refractivity contribution in [2.75, 3.05) is 24.5 Å². The van der Waals surface area contributed by atoms with Crippen LogP contribution in [0.4, 0.5) is 10.1 Å². The van der Waals surface area contributed by atoms with Crippen molar-refractivity contribution in [1.29, 1.82) is 0 Å². The number of carbonyl (C=O) groups is 1. The number of nitrogens with one attached hydrogen (secondary N) is 1. The summed E-state index contributed by atoms with van der Waals surface area (Å²) < 4.78 is 13.0. The Kier molecular flexibility index (Phi) is 3.58. The van der Waals surface area contributed by atoms with E-state index in [9.17, 15) is 14.3 Å². The molecule has 0 aliphatic carbocycles. The second-order valence-electron chi connectivity index (χ2n) is 4.02. The van der Waals surface area contributed by atoms with Crippen molar-refractivity contribution in [1.82, 2.24) is 5.32 Å². The molecule has 4 nitrogen and oxygen atoms in total. The van der Waals surface area contributed by atoms with Gasteiger partial charge in [-0.25, -0.2) is 4.39 Å². The van der Waals surface area contributed by atoms with Gasteiger partial charge in [-0.3, -0.25) is 4.79 Å². The first-order chi connectivity index (χ1) is 8.20. The van der Waals surface area contributed by atoms with E-state index in [2.05, 4.69) is 5.32 Å². The van der Waals surface area contributed by atoms with Crippen molar-refractivity contribution in [3.05, 3.63) is 29.6 Å². The van der Waals surface area contributed by atoms with Gasteiger partial charge in [0, 0.05) is 37.3 Å². The Balaban J connectivity index is 2.23. The molecule has 0 atom stereocenters. The molecule has 1 aliphatic rings. The van der Waals surface area contributed by atoms with Gasteiger partial charge in [-0.2, -0.15) is 0 Å². The van der Waals surface area contributed by atoms with E-state index in [1.165, 1.54) is 12.1 Å². The van der Waals surface area contributed by atoms with Gasteiger partial charge in [0.1, 0.15) is 5.82 Å². The molecule has 92 valence electrons. The van der Waals surface area contributed by atoms with E-state index in [0.29, 0.717) is 31.6 Å². The van der Waals surface area contributed by atoms with Gasteiger partial charge in [0.05, 0.1) is 6.61 Å². The summed E-state index contributed by atoms with van der Waals surface area (Å²) in [5.41, 5.74) is 1.35. The quantitative estimate of drug-likeness (QED) is 0.795. The lowest BCUT2D eigenvalue weighted by Crippen LogP contribution is -2.29. The molecule has 1 heterocycles. The van der Waals surface area contributed by atoms with Crippen LogP contribution in [0.15, 0.2) is 18.2 Å². The van der Waals surface area contributed by atoms with Crippen molar-refractivity contribution in [2.24, 2.45) is 0 Å². The van der Waals surface area contributed by atoms with E-state index in [4.69, 9.17) is 0 Å². The SMILES string of the molecule is O=C1CCN(c2ccc(F)cc2CO)CCN1. The molecule has 1 fully saturated rings. The number of carbonyl (C=O) groups excluding carboxylic acids is 1. The van der Waals surface area contributed by atoms with E-state index < -0.39 is 0 Å². The Hall–Kier alpha value is -1.62. The molecule has 1 aromatic carbocycles. The summed E-state index contributed by atoms with van der Waals surface area (Å²) in [7, 11) is 0. The first-order valence-corrected chi connectivity index (χ1v) is 5.61. The fourth-order valence-corrected chi connectivity index (χ4v) is 2.00. The number of anilines is 1. The minimum Gasteiger partial charge on any atom is -0.392 e. The lowest BCUT2D eigenvalue weighted by molar-refractivity contribution is -0.120. The van der Waals surface area contributed by atoms with Crippen LogP contribution in [0.3, 0.4) is 0 Å². The summed E-state index contributed by atoms with van der Waals surface area (Å²) in [5.74, 6) is -0.331. The number of amides is 1. The summed E-state index contributed by atoms with van der Waals surface area (Å²) in [5, 5.41) is 12.0. The van der Waals surface area contributed by atoms with Crippen LogP contribution in [0.25, 0.3) is 0 Å². The largest absolute Gasteiger partial charge is 0.392 e. The predicted octanol–water partition coefficient (Wildman–Crippen LogP) is 0.644. The Morgan fingerprint density at radius 3 is 3.00 bits per heavy atom. The molecule has 2 rings (SSSR count). The highest BCUT2D eigenvalue weighted by atomic mass is 19.1. The van der Waals surface area contributed by atoms with Crippen LogP contribution in [0.2, 0.25) is 0 Å². The monoisotopic (exact) mass is 238 g/mol. The third-order valence-electron chi connectivity index (χ3n) is 2.87. The predicted molar refractivity (Wildman–Crippen MR) is 62.2 cm³/mol. The fraction of sp³-hybridized carbons (Fsp3) is 0.417. The number of benzene rings is 1. The maximum absolute atomic E-state index is 13.0. The maximum Gasteiger partial charge on any atom is 0.221 e. The highest BCUT2D eigenvalue weighted by Crippen LogP contribution is 2.22. The normalized spacial score (nSPS) is 16.6. The highest BCUT2D eigenvalue weighted by Gasteiger charge is 2.16. The van der Waals surface area contributed by atoms with Crippen LogP contribution >= 0.6 is 0 Å². The molecule has 0 bridgehead atoms. The van der Waals surface area contributed by atoms with Crippen LogP contribution in [0, 0.1) is 5.82 Å². The lowest BCUT2D eigenvalue weighted by atomic mass is 10.1. The first-order valence-electron chi connectivity index (χ1n) is 5.61. The number of aliphatic hydroxyl groups is 1. The van der Waals surface area contributed by atoms with Crippen LogP contribution in [-0.4, -0.2) is 30.6 Å². The lowest BCUT2D eigenvalue weighted by Gasteiger charge is -2.24. The summed E-state index contributed by atoms with van der Waals surface area (Å²) in [4.78, 5) is 13.2. The summed E-state index contributed by atoms with van der Waals surface area (Å²) >= 11 is 0. The fourth-order valence-electron chi connectivity index (χ4n) is 2.00. The topological polar surface area (TPSA) is 52.6 Å². The number of aliphatic hydroxyl groups excluding tert-OH is 1. The minimum absolute atomic E-state index is 0.0279. The molecule has 0 aromatic heterocycles. The van der Waals surface area contributed by atoms with Crippen LogP contribution in [0.1, 0.15) is 12.0 Å². The number of hydrogen-bond acceptors (Lipinski definition) is 3. The van der Waals surface area contributed by atoms with Gasteiger partial charge in [0.2, 0.25) is 5.91 Å². The number of rotatable bonds is 2. The van der Waals surface area contributed by atoms with E-state index >= 15 is 0 Å². The van der Waals surface area contributed by atoms with Crippen molar-refractivity contribution in [3.8, 4) is 0 Å². The van der Waals surface area contributed by atoms with E-state index in [1.54, 1.807) is 6.07 Å². The molecule has 0 spiro atoms. The smallest absolute Gasteiger partial charge is 0.221 e. The first kappa shape index (κ1) is 11.9. The Morgan fingerprint density at radius 1 is 1.41 bits per heavy atom. The zero-order chi connectivity index (χ0) is 12.3. The third kappa shape index (κ3) is 2.74. The van der Waals surface area contributed by atoms with Gasteiger partial charge in [0.25, 0.3) is 0 Å². The zero-order valence-electron chi connectivity index (χ0n) is 9.45. The number of hydrogen-bond donors (Lipinski definition) is 2. The molecular formula is C12H15FN2O2. The minimum atomic E-state index is -0.359. The van der Waals surface area contributed by atoms with Crippen molar-refractivity contribution < 1.29 is 14.3 Å². The molecule has 1 aromatic rings. The van der Waals surface area contributed by atoms with Gasteiger partial charge in [0.15, 0.2) is 0 Å². The molecule has 0 unspecified atom stereocenters. The van der Waals surface area contributed by atoms with Gasteiger partial charge < -0.3 is 15.3 Å². The third-order valence-corrected chi connectivity index (χ3v) is 2.87. The Labute approximate surface area is 99.0 Å². The van der Waals surface area contributed by atoms with Gasteiger partial charge >= 0.3 is 0 Å². The van der Waals surface area contributed by atoms with Crippen LogP contribution < -0.4 is 10.2 Å². The van der Waals surface area contributed by atoms with Crippen LogP contribution in [0.5, 0.6) is 0 Å². The van der Waals surface area contributed by atoms with Gasteiger partial charge in [-0.05, 0) is 18.2 Å². The highest BCUT2D eigenvalue weighted by molar-refractivity contribution is 5.77. The molecule has 0 saturated carbocycles. The molecule has 1 amide bonds. The summed E-state index contributed by atoms with van der Waals surface area (Å²) in [6.07, 6.45) is 0.419. The molecule has 1 saturated heterocycles. The van der Waals surface area contributed by atoms with Crippen molar-refractivity contribution >= 4 is 11.6 Å². The van der Waals surface area contributed by atoms with E-state index in [1.807, 2.05) is 4.90 Å². The second kappa shape index (κ2) is 5.14. The summed E-state index contributed by atoms with van der Waals surface area (Å²) in [6, 6.07) is 4.35. The van der Waals surface area contributed by atoms with Crippen molar-refractivity contribution in [2.45, 2.75) is 13.0 Å².